The van der Waals surface area contributed by atoms with Crippen molar-refractivity contribution in [3.8, 4) is 5.75 Å². The normalized spacial score (nSPS) is 16.7. The topological polar surface area (TPSA) is 77.4 Å². The summed E-state index contributed by atoms with van der Waals surface area (Å²) in [6.07, 6.45) is 9.19. The molecule has 0 aliphatic carbocycles. The van der Waals surface area contributed by atoms with Gasteiger partial charge in [0, 0.05) is 32.1 Å². The summed E-state index contributed by atoms with van der Waals surface area (Å²) in [7, 11) is 1.90. The quantitative estimate of drug-likeness (QED) is 0.698. The summed E-state index contributed by atoms with van der Waals surface area (Å²) in [5.41, 5.74) is 1.91. The molecule has 2 aromatic rings. The van der Waals surface area contributed by atoms with Gasteiger partial charge in [-0.1, -0.05) is 0 Å². The molecule has 1 aromatic carbocycles. The molecule has 2 heterocycles. The fourth-order valence-corrected chi connectivity index (χ4v) is 3.03. The predicted octanol–water partition coefficient (Wildman–Crippen LogP) is 3.12. The Balaban J connectivity index is 1.32. The highest BCUT2D eigenvalue weighted by atomic mass is 16.5. The van der Waals surface area contributed by atoms with Crippen molar-refractivity contribution >= 4 is 11.7 Å². The molecule has 3 rings (SSSR count). The number of benzene rings is 1. The highest BCUT2D eigenvalue weighted by molar-refractivity contribution is 5.89. The Bertz CT molecular complexity index is 708. The van der Waals surface area contributed by atoms with Crippen LogP contribution in [0.2, 0.25) is 0 Å². The second-order valence-corrected chi connectivity index (χ2v) is 6.83. The van der Waals surface area contributed by atoms with E-state index in [2.05, 4.69) is 15.7 Å². The van der Waals surface area contributed by atoms with Gasteiger partial charge in [-0.15, -0.1) is 0 Å². The van der Waals surface area contributed by atoms with Gasteiger partial charge in [0.05, 0.1) is 12.3 Å². The summed E-state index contributed by atoms with van der Waals surface area (Å²) in [5.74, 6) is 0.784. The molecular weight excluding hydrogens is 344 g/mol. The van der Waals surface area contributed by atoms with Crippen LogP contribution in [-0.4, -0.2) is 41.7 Å². The first-order valence-electron chi connectivity index (χ1n) is 9.56. The highest BCUT2D eigenvalue weighted by Crippen LogP contribution is 2.18. The lowest BCUT2D eigenvalue weighted by Gasteiger charge is -2.22. The zero-order chi connectivity index (χ0) is 18.9. The van der Waals surface area contributed by atoms with E-state index in [1.54, 1.807) is 4.68 Å². The van der Waals surface area contributed by atoms with Crippen LogP contribution in [0.1, 0.15) is 31.2 Å². The van der Waals surface area contributed by atoms with E-state index in [-0.39, 0.29) is 12.1 Å². The van der Waals surface area contributed by atoms with Crippen molar-refractivity contribution in [2.75, 3.05) is 25.1 Å². The van der Waals surface area contributed by atoms with Crippen molar-refractivity contribution in [3.63, 3.8) is 0 Å². The minimum atomic E-state index is -0.203. The zero-order valence-electron chi connectivity index (χ0n) is 15.8. The van der Waals surface area contributed by atoms with Crippen molar-refractivity contribution in [3.05, 3.63) is 42.2 Å². The first kappa shape index (κ1) is 19.2. The Morgan fingerprint density at radius 1 is 1.33 bits per heavy atom. The van der Waals surface area contributed by atoms with Crippen LogP contribution in [0.4, 0.5) is 10.5 Å². The summed E-state index contributed by atoms with van der Waals surface area (Å²) in [4.78, 5) is 12.0. The molecular formula is C20H28N4O3. The molecule has 1 aliphatic heterocycles. The molecule has 7 heteroatoms. The Hall–Kier alpha value is -2.54. The summed E-state index contributed by atoms with van der Waals surface area (Å²) in [5, 5.41) is 9.83. The van der Waals surface area contributed by atoms with E-state index in [1.807, 2.05) is 43.7 Å². The van der Waals surface area contributed by atoms with Crippen LogP contribution in [0.5, 0.6) is 5.75 Å². The smallest absolute Gasteiger partial charge is 0.319 e. The van der Waals surface area contributed by atoms with Crippen LogP contribution in [0.25, 0.3) is 0 Å². The number of aromatic nitrogens is 2. The maximum Gasteiger partial charge on any atom is 0.319 e. The van der Waals surface area contributed by atoms with E-state index >= 15 is 0 Å². The van der Waals surface area contributed by atoms with E-state index in [1.165, 1.54) is 12.0 Å². The van der Waals surface area contributed by atoms with Gasteiger partial charge in [0.25, 0.3) is 0 Å². The van der Waals surface area contributed by atoms with Crippen LogP contribution in [-0.2, 0) is 18.2 Å². The predicted molar refractivity (Wildman–Crippen MR) is 104 cm³/mol. The Morgan fingerprint density at radius 3 is 2.89 bits per heavy atom. The molecule has 0 saturated carbocycles. The molecule has 2 N–H and O–H groups in total. The molecule has 1 saturated heterocycles. The lowest BCUT2D eigenvalue weighted by molar-refractivity contribution is -0.0110. The fraction of sp³-hybridized carbons (Fsp3) is 0.500. The van der Waals surface area contributed by atoms with Crippen LogP contribution in [0, 0.1) is 0 Å². The molecule has 2 amide bonds. The average Bonchev–Trinajstić information content (AvgIpc) is 3.11. The summed E-state index contributed by atoms with van der Waals surface area (Å²) >= 11 is 0. The third-order valence-electron chi connectivity index (χ3n) is 4.51. The van der Waals surface area contributed by atoms with Gasteiger partial charge in [-0.25, -0.2) is 4.79 Å². The van der Waals surface area contributed by atoms with Crippen molar-refractivity contribution in [2.24, 2.45) is 7.05 Å². The van der Waals surface area contributed by atoms with Gasteiger partial charge < -0.3 is 20.1 Å². The second kappa shape index (κ2) is 9.97. The highest BCUT2D eigenvalue weighted by Gasteiger charge is 2.14. The van der Waals surface area contributed by atoms with Gasteiger partial charge in [-0.3, -0.25) is 4.68 Å². The number of nitrogens with zero attached hydrogens (tertiary/aromatic N) is 2. The summed E-state index contributed by atoms with van der Waals surface area (Å²) in [6.45, 7) is 2.02. The second-order valence-electron chi connectivity index (χ2n) is 6.83. The number of carbonyl (C=O) groups is 1. The van der Waals surface area contributed by atoms with E-state index in [0.717, 1.165) is 43.7 Å². The van der Waals surface area contributed by atoms with Crippen LogP contribution >= 0.6 is 0 Å². The van der Waals surface area contributed by atoms with E-state index < -0.39 is 0 Å². The molecule has 0 radical (unpaired) electrons. The maximum absolute atomic E-state index is 12.0. The molecule has 1 aromatic heterocycles. The third-order valence-corrected chi connectivity index (χ3v) is 4.51. The number of hydrogen-bond acceptors (Lipinski definition) is 4. The molecule has 146 valence electrons. The first-order chi connectivity index (χ1) is 13.2. The van der Waals surface area contributed by atoms with Gasteiger partial charge in [0.1, 0.15) is 12.4 Å². The number of carbonyl (C=O) groups excluding carboxylic acids is 1. The molecule has 0 spiro atoms. The fourth-order valence-electron chi connectivity index (χ4n) is 3.03. The van der Waals surface area contributed by atoms with Crippen LogP contribution in [0.15, 0.2) is 36.7 Å². The van der Waals surface area contributed by atoms with Gasteiger partial charge in [0.2, 0.25) is 0 Å². The summed E-state index contributed by atoms with van der Waals surface area (Å²) in [6, 6.07) is 7.20. The third kappa shape index (κ3) is 6.60. The number of aryl methyl sites for hydroxylation is 2. The van der Waals surface area contributed by atoms with Crippen molar-refractivity contribution in [1.29, 1.82) is 0 Å². The Kier molecular flexibility index (Phi) is 7.10. The van der Waals surface area contributed by atoms with E-state index in [0.29, 0.717) is 13.2 Å². The standard InChI is InChI=1S/C20H28N4O3/c1-24-14-16(13-22-24)5-4-11-21-20(25)23-17-7-9-18(10-8-17)27-15-19-6-2-3-12-26-19/h7-10,13-14,19H,2-6,11-12,15H2,1H3,(H2,21,23,25)/t19-/m0/s1. The zero-order valence-corrected chi connectivity index (χ0v) is 15.8. The number of amides is 2. The minimum absolute atomic E-state index is 0.189. The number of ether oxygens (including phenoxy) is 2. The van der Waals surface area contributed by atoms with Crippen LogP contribution in [0.3, 0.4) is 0 Å². The van der Waals surface area contributed by atoms with Gasteiger partial charge in [-0.05, 0) is 61.9 Å². The van der Waals surface area contributed by atoms with Crippen molar-refractivity contribution in [2.45, 2.75) is 38.2 Å². The molecule has 0 unspecified atom stereocenters. The molecule has 1 fully saturated rings. The largest absolute Gasteiger partial charge is 0.491 e. The number of urea groups is 1. The monoisotopic (exact) mass is 372 g/mol. The van der Waals surface area contributed by atoms with Crippen molar-refractivity contribution < 1.29 is 14.3 Å². The lowest BCUT2D eigenvalue weighted by atomic mass is 10.1. The Morgan fingerprint density at radius 2 is 2.19 bits per heavy atom. The Labute approximate surface area is 160 Å². The first-order valence-corrected chi connectivity index (χ1v) is 9.56. The number of hydrogen-bond donors (Lipinski definition) is 2. The summed E-state index contributed by atoms with van der Waals surface area (Å²) < 4.78 is 13.2. The average molecular weight is 372 g/mol. The number of rotatable bonds is 8. The van der Waals surface area contributed by atoms with Crippen molar-refractivity contribution in [1.82, 2.24) is 15.1 Å². The van der Waals surface area contributed by atoms with E-state index in [4.69, 9.17) is 9.47 Å². The molecule has 27 heavy (non-hydrogen) atoms. The minimum Gasteiger partial charge on any atom is -0.491 e. The molecule has 1 aliphatic rings. The molecule has 7 nitrogen and oxygen atoms in total. The van der Waals surface area contributed by atoms with Crippen LogP contribution < -0.4 is 15.4 Å². The SMILES string of the molecule is Cn1cc(CCCNC(=O)Nc2ccc(OC[C@@H]3CCCCO3)cc2)cn1. The van der Waals surface area contributed by atoms with Gasteiger partial charge in [0.15, 0.2) is 0 Å². The number of anilines is 1. The number of nitrogens with one attached hydrogen (secondary N) is 2. The lowest BCUT2D eigenvalue weighted by Crippen LogP contribution is -2.29. The maximum atomic E-state index is 12.0. The molecule has 1 atom stereocenters. The van der Waals surface area contributed by atoms with Gasteiger partial charge >= 0.3 is 6.03 Å². The molecule has 0 bridgehead atoms. The van der Waals surface area contributed by atoms with E-state index in [9.17, 15) is 4.79 Å². The van der Waals surface area contributed by atoms with Gasteiger partial charge in [-0.2, -0.15) is 5.10 Å².